The van der Waals surface area contributed by atoms with Gasteiger partial charge in [-0.15, -0.1) is 5.92 Å². The van der Waals surface area contributed by atoms with E-state index in [-0.39, 0.29) is 5.75 Å². The first-order valence-corrected chi connectivity index (χ1v) is 13.9. The van der Waals surface area contributed by atoms with Gasteiger partial charge in [0.25, 0.3) is 5.56 Å². The number of alkyl halides is 1. The number of hydrogen-bond acceptors (Lipinski definition) is 9. The Bertz CT molecular complexity index is 1490. The predicted octanol–water partition coefficient (Wildman–Crippen LogP) is 2.81. The monoisotopic (exact) mass is 588 g/mol. The molecule has 1 saturated heterocycles. The summed E-state index contributed by atoms with van der Waals surface area (Å²) in [6, 6.07) is 7.63. The van der Waals surface area contributed by atoms with Crippen LogP contribution in [0.3, 0.4) is 0 Å². The smallest absolute Gasteiger partial charge is 0.380 e. The van der Waals surface area contributed by atoms with Crippen LogP contribution in [-0.4, -0.2) is 56.5 Å². The van der Waals surface area contributed by atoms with Crippen molar-refractivity contribution < 1.29 is 40.1 Å². The number of aliphatic hydroxyl groups is 1. The Kier molecular flexibility index (Phi) is 8.85. The first kappa shape index (κ1) is 27.6. The number of nitrogens with zero attached hydrogens (tertiary/aromatic N) is 1. The van der Waals surface area contributed by atoms with Crippen molar-refractivity contribution >= 4 is 25.2 Å². The maximum Gasteiger partial charge on any atom is 0.380 e. The van der Waals surface area contributed by atoms with E-state index < -0.39 is 78.7 Å². The second kappa shape index (κ2) is 12.5. The SMILES string of the molecule is [2H]C([2H])(O[P@@](=O)(C[C@@H](C)C(=O)OC(C)C)Oc1ccccc1)[C@H]1O[C@@H](n2cc(F)c(=O)[nH]c2=O)C(Cl)(C#CC)[C@H]1O. The summed E-state index contributed by atoms with van der Waals surface area (Å²) in [6.07, 6.45) is -6.64. The Labute approximate surface area is 231 Å². The van der Waals surface area contributed by atoms with Crippen LogP contribution in [0.5, 0.6) is 5.75 Å². The third-order valence-corrected chi connectivity index (χ3v) is 7.77. The number of H-pyrrole nitrogens is 1. The molecule has 0 saturated carbocycles. The molecule has 0 bridgehead atoms. The van der Waals surface area contributed by atoms with Crippen molar-refractivity contribution in [3.05, 3.63) is 63.2 Å². The van der Waals surface area contributed by atoms with Crippen LogP contribution in [0.15, 0.2) is 46.1 Å². The van der Waals surface area contributed by atoms with Gasteiger partial charge in [-0.2, -0.15) is 4.39 Å². The second-order valence-electron chi connectivity index (χ2n) is 8.93. The third-order valence-electron chi connectivity index (χ3n) is 5.39. The number of para-hydroxylation sites is 1. The van der Waals surface area contributed by atoms with E-state index >= 15 is 0 Å². The van der Waals surface area contributed by atoms with E-state index in [0.717, 1.165) is 0 Å². The van der Waals surface area contributed by atoms with Gasteiger partial charge in [0.15, 0.2) is 11.1 Å². The second-order valence-corrected chi connectivity index (χ2v) is 11.5. The highest BCUT2D eigenvalue weighted by Gasteiger charge is 2.56. The van der Waals surface area contributed by atoms with E-state index in [4.69, 9.17) is 32.9 Å². The normalized spacial score (nSPS) is 26.0. The van der Waals surface area contributed by atoms with Crippen molar-refractivity contribution in [2.75, 3.05) is 12.7 Å². The van der Waals surface area contributed by atoms with Gasteiger partial charge in [0.1, 0.15) is 18.0 Å². The van der Waals surface area contributed by atoms with E-state index in [1.807, 2.05) is 0 Å². The summed E-state index contributed by atoms with van der Waals surface area (Å²) < 4.78 is 67.5. The molecule has 1 aliphatic rings. The number of esters is 1. The molecule has 14 heteroatoms. The lowest BCUT2D eigenvalue weighted by Gasteiger charge is -2.26. The van der Waals surface area contributed by atoms with E-state index in [0.29, 0.717) is 10.8 Å². The zero-order valence-electron chi connectivity index (χ0n) is 23.4. The Morgan fingerprint density at radius 3 is 2.64 bits per heavy atom. The van der Waals surface area contributed by atoms with Gasteiger partial charge in [-0.3, -0.25) is 23.7 Å². The average Bonchev–Trinajstić information content (AvgIpc) is 3.12. The standard InChI is InChI=1S/C25H29ClFN2O9P/c1-5-11-25(26)20(30)19(37-23(25)29-12-18(27)21(31)28-24(29)33)13-35-39(34,38-17-9-7-6-8-10-17)14-16(4)22(32)36-15(2)3/h6-10,12,15-16,19-20,23,30H,13-14H2,1-4H3,(H,28,31,33)/t16-,19-,20+,23-,25?,39+/m1/s1/i13D2. The third kappa shape index (κ3) is 7.18. The van der Waals surface area contributed by atoms with E-state index in [9.17, 15) is 28.4 Å². The number of rotatable bonds is 10. The maximum atomic E-state index is 14.1. The molecule has 212 valence electrons. The molecule has 0 radical (unpaired) electrons. The molecule has 1 fully saturated rings. The number of benzene rings is 1. The molecule has 6 atom stereocenters. The lowest BCUT2D eigenvalue weighted by atomic mass is 9.99. The first-order valence-electron chi connectivity index (χ1n) is 12.7. The molecule has 2 N–H and O–H groups in total. The minimum Gasteiger partial charge on any atom is -0.463 e. The maximum absolute atomic E-state index is 14.1. The summed E-state index contributed by atoms with van der Waals surface area (Å²) >= 11 is 6.56. The highest BCUT2D eigenvalue weighted by molar-refractivity contribution is 7.54. The molecule has 2 heterocycles. The molecule has 1 aromatic heterocycles. The van der Waals surface area contributed by atoms with Crippen LogP contribution in [-0.2, 0) is 23.4 Å². The molecule has 11 nitrogen and oxygen atoms in total. The Morgan fingerprint density at radius 1 is 1.36 bits per heavy atom. The summed E-state index contributed by atoms with van der Waals surface area (Å²) in [6.45, 7) is 2.79. The number of aromatic amines is 1. The number of ether oxygens (including phenoxy) is 2. The van der Waals surface area contributed by atoms with Crippen LogP contribution in [0.4, 0.5) is 4.39 Å². The molecule has 1 aromatic carbocycles. The van der Waals surface area contributed by atoms with Crippen molar-refractivity contribution in [2.45, 2.75) is 57.1 Å². The summed E-state index contributed by atoms with van der Waals surface area (Å²) in [5.41, 5.74) is -2.51. The number of nitrogens with one attached hydrogen (secondary N) is 1. The largest absolute Gasteiger partial charge is 0.463 e. The lowest BCUT2D eigenvalue weighted by molar-refractivity contribution is -0.151. The van der Waals surface area contributed by atoms with Crippen molar-refractivity contribution in [2.24, 2.45) is 5.92 Å². The van der Waals surface area contributed by atoms with Crippen LogP contribution in [0.2, 0.25) is 0 Å². The zero-order valence-corrected chi connectivity index (χ0v) is 23.1. The number of carbonyl (C=O) groups excluding carboxylic acids is 1. The molecule has 0 aliphatic carbocycles. The van der Waals surface area contributed by atoms with Crippen LogP contribution in [0.1, 0.15) is 36.7 Å². The highest BCUT2D eigenvalue weighted by atomic mass is 35.5. The molecule has 0 amide bonds. The number of aliphatic hydroxyl groups excluding tert-OH is 1. The lowest BCUT2D eigenvalue weighted by Crippen LogP contribution is -2.44. The van der Waals surface area contributed by atoms with Gasteiger partial charge in [0.2, 0.25) is 5.82 Å². The number of carbonyl (C=O) groups is 1. The quantitative estimate of drug-likeness (QED) is 0.185. The van der Waals surface area contributed by atoms with Crippen LogP contribution in [0, 0.1) is 23.6 Å². The molecular weight excluding hydrogens is 558 g/mol. The predicted molar refractivity (Wildman–Crippen MR) is 139 cm³/mol. The van der Waals surface area contributed by atoms with Gasteiger partial charge in [0.05, 0.1) is 33.7 Å². The minimum absolute atomic E-state index is 0.0284. The van der Waals surface area contributed by atoms with Crippen molar-refractivity contribution in [1.29, 1.82) is 0 Å². The topological polar surface area (TPSA) is 146 Å². The van der Waals surface area contributed by atoms with Crippen molar-refractivity contribution in [3.8, 4) is 17.6 Å². The molecule has 1 unspecified atom stereocenters. The van der Waals surface area contributed by atoms with E-state index in [2.05, 4.69) is 11.8 Å². The van der Waals surface area contributed by atoms with Gasteiger partial charge >= 0.3 is 19.3 Å². The Hall–Kier alpha value is -2.94. The Morgan fingerprint density at radius 2 is 2.03 bits per heavy atom. The molecule has 39 heavy (non-hydrogen) atoms. The molecule has 3 rings (SSSR count). The number of aromatic nitrogens is 2. The van der Waals surface area contributed by atoms with Gasteiger partial charge in [-0.1, -0.05) is 42.6 Å². The number of hydrogen-bond donors (Lipinski definition) is 2. The highest BCUT2D eigenvalue weighted by Crippen LogP contribution is 2.51. The average molecular weight is 589 g/mol. The molecular formula is C25H29ClFN2O9P. The van der Waals surface area contributed by atoms with E-state index in [1.165, 1.54) is 26.0 Å². The van der Waals surface area contributed by atoms with Gasteiger partial charge in [-0.05, 0) is 32.9 Å². The van der Waals surface area contributed by atoms with E-state index in [1.54, 1.807) is 37.0 Å². The fourth-order valence-corrected chi connectivity index (χ4v) is 5.71. The first-order chi connectivity index (χ1) is 19.0. The molecule has 2 aromatic rings. The van der Waals surface area contributed by atoms with Crippen molar-refractivity contribution in [1.82, 2.24) is 9.55 Å². The fraction of sp³-hybridized carbons (Fsp3) is 0.480. The number of halogens is 2. The van der Waals surface area contributed by atoms with Gasteiger partial charge < -0.3 is 19.1 Å². The summed E-state index contributed by atoms with van der Waals surface area (Å²) in [7, 11) is -4.59. The molecule has 1 aliphatic heterocycles. The van der Waals surface area contributed by atoms with Gasteiger partial charge in [0, 0.05) is 0 Å². The fourth-order valence-electron chi connectivity index (χ4n) is 3.63. The Balaban J connectivity index is 2.01. The molecule has 0 spiro atoms. The minimum atomic E-state index is -4.59. The van der Waals surface area contributed by atoms with Crippen LogP contribution < -0.4 is 15.8 Å². The van der Waals surface area contributed by atoms with Crippen molar-refractivity contribution in [3.63, 3.8) is 0 Å². The summed E-state index contributed by atoms with van der Waals surface area (Å²) in [5, 5.41) is 11.1. The summed E-state index contributed by atoms with van der Waals surface area (Å²) in [5.74, 6) is 1.69. The van der Waals surface area contributed by atoms with Crippen LogP contribution in [0.25, 0.3) is 0 Å². The summed E-state index contributed by atoms with van der Waals surface area (Å²) in [4.78, 5) is 35.9. The van der Waals surface area contributed by atoms with Gasteiger partial charge in [-0.25, -0.2) is 9.36 Å². The van der Waals surface area contributed by atoms with Crippen LogP contribution >= 0.6 is 19.2 Å². The zero-order chi connectivity index (χ0) is 30.8.